The predicted molar refractivity (Wildman–Crippen MR) is 83.0 cm³/mol. The molecule has 0 saturated heterocycles. The number of aromatic nitrogens is 3. The van der Waals surface area contributed by atoms with Crippen molar-refractivity contribution in [2.45, 2.75) is 25.9 Å². The van der Waals surface area contributed by atoms with E-state index in [-0.39, 0.29) is 5.78 Å². The molecule has 0 saturated carbocycles. The van der Waals surface area contributed by atoms with E-state index in [2.05, 4.69) is 35.6 Å². The molecule has 6 heteroatoms. The lowest BCUT2D eigenvalue weighted by Gasteiger charge is -2.26. The number of nitrogens with zero attached hydrogens (tertiary/aromatic N) is 4. The number of benzene rings is 1. The number of halogens is 1. The fourth-order valence-corrected chi connectivity index (χ4v) is 2.81. The van der Waals surface area contributed by atoms with Gasteiger partial charge in [0.2, 0.25) is 0 Å². The zero-order valence-electron chi connectivity index (χ0n) is 11.7. The molecule has 0 amide bonds. The van der Waals surface area contributed by atoms with Gasteiger partial charge in [0.15, 0.2) is 5.78 Å². The van der Waals surface area contributed by atoms with Gasteiger partial charge < -0.3 is 4.57 Å². The number of ketones is 1. The highest BCUT2D eigenvalue weighted by molar-refractivity contribution is 9.10. The van der Waals surface area contributed by atoms with Crippen LogP contribution in [0.25, 0.3) is 0 Å². The molecule has 1 aliphatic heterocycles. The number of carbonyl (C=O) groups excluding carboxylic acids is 1. The molecule has 1 aromatic heterocycles. The summed E-state index contributed by atoms with van der Waals surface area (Å²) in [4.78, 5) is 14.4. The van der Waals surface area contributed by atoms with Crippen molar-refractivity contribution in [2.75, 3.05) is 13.1 Å². The molecule has 3 rings (SSSR count). The molecule has 0 radical (unpaired) electrons. The molecule has 5 nitrogen and oxygen atoms in total. The molecule has 0 fully saturated rings. The largest absolute Gasteiger partial charge is 0.315 e. The molecule has 2 heterocycles. The smallest absolute Gasteiger partial charge is 0.162 e. The lowest BCUT2D eigenvalue weighted by atomic mass is 10.1. The molecule has 0 atom stereocenters. The first-order valence-electron chi connectivity index (χ1n) is 7.10. The molecule has 21 heavy (non-hydrogen) atoms. The Hall–Kier alpha value is -1.53. The van der Waals surface area contributed by atoms with Crippen LogP contribution in [-0.2, 0) is 13.1 Å². The Morgan fingerprint density at radius 1 is 1.24 bits per heavy atom. The van der Waals surface area contributed by atoms with Crippen LogP contribution in [-0.4, -0.2) is 38.5 Å². The lowest BCUT2D eigenvalue weighted by Crippen LogP contribution is -2.34. The van der Waals surface area contributed by atoms with Crippen LogP contribution < -0.4 is 0 Å². The Morgan fingerprint density at radius 2 is 2.05 bits per heavy atom. The zero-order valence-corrected chi connectivity index (χ0v) is 13.3. The highest BCUT2D eigenvalue weighted by atomic mass is 79.9. The van der Waals surface area contributed by atoms with Gasteiger partial charge in [0.05, 0.1) is 6.54 Å². The van der Waals surface area contributed by atoms with Gasteiger partial charge in [0.1, 0.15) is 12.2 Å². The first-order valence-corrected chi connectivity index (χ1v) is 7.89. The average molecular weight is 349 g/mol. The Morgan fingerprint density at radius 3 is 2.86 bits per heavy atom. The van der Waals surface area contributed by atoms with E-state index in [1.807, 2.05) is 24.3 Å². The number of rotatable bonds is 5. The van der Waals surface area contributed by atoms with Crippen molar-refractivity contribution < 1.29 is 4.79 Å². The molecular weight excluding hydrogens is 332 g/mol. The van der Waals surface area contributed by atoms with Gasteiger partial charge in [-0.1, -0.05) is 28.1 Å². The third-order valence-electron chi connectivity index (χ3n) is 3.76. The minimum atomic E-state index is 0.211. The fraction of sp³-hybridized carbons (Fsp3) is 0.400. The minimum absolute atomic E-state index is 0.211. The molecular formula is C15H17BrN4O. The van der Waals surface area contributed by atoms with Gasteiger partial charge >= 0.3 is 0 Å². The maximum absolute atomic E-state index is 12.1. The van der Waals surface area contributed by atoms with E-state index >= 15 is 0 Å². The molecule has 2 aromatic rings. The molecule has 0 bridgehead atoms. The number of carbonyl (C=O) groups is 1. The summed E-state index contributed by atoms with van der Waals surface area (Å²) in [5.74, 6) is 1.23. The van der Waals surface area contributed by atoms with E-state index in [1.165, 1.54) is 0 Å². The van der Waals surface area contributed by atoms with Gasteiger partial charge in [0, 0.05) is 29.5 Å². The van der Waals surface area contributed by atoms with E-state index in [0.717, 1.165) is 48.5 Å². The quantitative estimate of drug-likeness (QED) is 0.779. The van der Waals surface area contributed by atoms with E-state index in [0.29, 0.717) is 6.42 Å². The summed E-state index contributed by atoms with van der Waals surface area (Å²) in [6.07, 6.45) is 3.25. The standard InChI is InChI=1S/C15H17BrN4O/c16-13-5-3-12(4-6-13)14(21)2-1-7-19-8-9-20-11-17-18-15(20)10-19/h3-6,11H,1-2,7-10H2. The van der Waals surface area contributed by atoms with Crippen LogP contribution in [0.2, 0.25) is 0 Å². The van der Waals surface area contributed by atoms with Gasteiger partial charge in [-0.3, -0.25) is 9.69 Å². The highest BCUT2D eigenvalue weighted by Crippen LogP contribution is 2.14. The normalized spacial score (nSPS) is 14.9. The average Bonchev–Trinajstić information content (AvgIpc) is 2.95. The molecule has 0 N–H and O–H groups in total. The van der Waals surface area contributed by atoms with Crippen LogP contribution >= 0.6 is 15.9 Å². The molecule has 0 unspecified atom stereocenters. The topological polar surface area (TPSA) is 51.0 Å². The van der Waals surface area contributed by atoms with Crippen molar-refractivity contribution in [3.05, 3.63) is 46.5 Å². The van der Waals surface area contributed by atoms with Crippen molar-refractivity contribution in [3.63, 3.8) is 0 Å². The van der Waals surface area contributed by atoms with Crippen molar-refractivity contribution in [2.24, 2.45) is 0 Å². The first kappa shape index (κ1) is 14.4. The van der Waals surface area contributed by atoms with Crippen LogP contribution in [0, 0.1) is 0 Å². The van der Waals surface area contributed by atoms with E-state index in [9.17, 15) is 4.79 Å². The third kappa shape index (κ3) is 3.57. The molecule has 110 valence electrons. The molecule has 0 aliphatic carbocycles. The van der Waals surface area contributed by atoms with Crippen LogP contribution in [0.1, 0.15) is 29.0 Å². The first-order chi connectivity index (χ1) is 10.2. The number of Topliss-reactive ketones (excluding diaryl/α,β-unsaturated/α-hetero) is 1. The van der Waals surface area contributed by atoms with Crippen molar-refractivity contribution >= 4 is 21.7 Å². The van der Waals surface area contributed by atoms with Gasteiger partial charge in [0.25, 0.3) is 0 Å². The summed E-state index contributed by atoms with van der Waals surface area (Å²) in [5, 5.41) is 8.03. The van der Waals surface area contributed by atoms with E-state index in [1.54, 1.807) is 6.33 Å². The lowest BCUT2D eigenvalue weighted by molar-refractivity contribution is 0.0972. The second-order valence-corrected chi connectivity index (χ2v) is 6.17. The second kappa shape index (κ2) is 6.49. The van der Waals surface area contributed by atoms with Crippen LogP contribution in [0.4, 0.5) is 0 Å². The van der Waals surface area contributed by atoms with Crippen molar-refractivity contribution in [3.8, 4) is 0 Å². The summed E-state index contributed by atoms with van der Waals surface area (Å²) in [6, 6.07) is 7.56. The number of hydrogen-bond acceptors (Lipinski definition) is 4. The minimum Gasteiger partial charge on any atom is -0.315 e. The van der Waals surface area contributed by atoms with Crippen molar-refractivity contribution in [1.82, 2.24) is 19.7 Å². The van der Waals surface area contributed by atoms with Gasteiger partial charge in [-0.05, 0) is 25.1 Å². The van der Waals surface area contributed by atoms with Gasteiger partial charge in [-0.2, -0.15) is 0 Å². The maximum Gasteiger partial charge on any atom is 0.162 e. The van der Waals surface area contributed by atoms with Crippen molar-refractivity contribution in [1.29, 1.82) is 0 Å². The summed E-state index contributed by atoms with van der Waals surface area (Å²) in [6.45, 7) is 3.68. The van der Waals surface area contributed by atoms with Crippen LogP contribution in [0.5, 0.6) is 0 Å². The van der Waals surface area contributed by atoms with Gasteiger partial charge in [-0.15, -0.1) is 10.2 Å². The Balaban J connectivity index is 1.46. The second-order valence-electron chi connectivity index (χ2n) is 5.25. The maximum atomic E-state index is 12.1. The summed E-state index contributed by atoms with van der Waals surface area (Å²) in [5.41, 5.74) is 0.789. The fourth-order valence-electron chi connectivity index (χ4n) is 2.55. The summed E-state index contributed by atoms with van der Waals surface area (Å²) >= 11 is 3.38. The number of fused-ring (bicyclic) bond motifs is 1. The molecule has 0 spiro atoms. The third-order valence-corrected chi connectivity index (χ3v) is 4.29. The van der Waals surface area contributed by atoms with Gasteiger partial charge in [-0.25, -0.2) is 0 Å². The molecule has 1 aromatic carbocycles. The van der Waals surface area contributed by atoms with Crippen LogP contribution in [0.15, 0.2) is 35.1 Å². The Bertz CT molecular complexity index is 623. The number of hydrogen-bond donors (Lipinski definition) is 0. The predicted octanol–water partition coefficient (Wildman–Crippen LogP) is 2.52. The van der Waals surface area contributed by atoms with Crippen LogP contribution in [0.3, 0.4) is 0 Å². The monoisotopic (exact) mass is 348 g/mol. The van der Waals surface area contributed by atoms with E-state index < -0.39 is 0 Å². The Labute approximate surface area is 132 Å². The highest BCUT2D eigenvalue weighted by Gasteiger charge is 2.17. The Kier molecular flexibility index (Phi) is 4.45. The summed E-state index contributed by atoms with van der Waals surface area (Å²) < 4.78 is 3.08. The zero-order chi connectivity index (χ0) is 14.7. The SMILES string of the molecule is O=C(CCCN1CCn2cnnc2C1)c1ccc(Br)cc1. The van der Waals surface area contributed by atoms with E-state index in [4.69, 9.17) is 0 Å². The summed E-state index contributed by atoms with van der Waals surface area (Å²) in [7, 11) is 0. The molecule has 1 aliphatic rings.